The van der Waals surface area contributed by atoms with E-state index in [1.807, 2.05) is 24.3 Å². The monoisotopic (exact) mass is 350 g/mol. The highest BCUT2D eigenvalue weighted by Crippen LogP contribution is 2.18. The van der Waals surface area contributed by atoms with E-state index in [1.54, 1.807) is 7.11 Å². The van der Waals surface area contributed by atoms with Crippen molar-refractivity contribution in [1.82, 2.24) is 9.80 Å². The van der Waals surface area contributed by atoms with Gasteiger partial charge in [0.15, 0.2) is 0 Å². The zero-order valence-corrected chi connectivity index (χ0v) is 15.1. The van der Waals surface area contributed by atoms with Gasteiger partial charge in [0.2, 0.25) is 0 Å². The maximum absolute atomic E-state index is 10.0. The van der Waals surface area contributed by atoms with Gasteiger partial charge in [-0.15, -0.1) is 0 Å². The van der Waals surface area contributed by atoms with Crippen LogP contribution in [0.3, 0.4) is 0 Å². The fourth-order valence-corrected chi connectivity index (χ4v) is 3.58. The summed E-state index contributed by atoms with van der Waals surface area (Å²) in [6.07, 6.45) is 1.83. The van der Waals surface area contributed by atoms with Gasteiger partial charge in [-0.05, 0) is 50.2 Å². The van der Waals surface area contributed by atoms with Crippen LogP contribution in [0.1, 0.15) is 12.8 Å². The summed E-state index contributed by atoms with van der Waals surface area (Å²) in [5.74, 6) is 1.73. The molecule has 2 fully saturated rings. The Morgan fingerprint density at radius 2 is 1.88 bits per heavy atom. The van der Waals surface area contributed by atoms with E-state index in [0.29, 0.717) is 13.2 Å². The molecule has 2 saturated heterocycles. The second-order valence-corrected chi connectivity index (χ2v) is 6.78. The van der Waals surface area contributed by atoms with Crippen LogP contribution in [-0.4, -0.2) is 86.7 Å². The Hall–Kier alpha value is -1.34. The molecule has 1 aromatic rings. The molecule has 2 aliphatic heterocycles. The van der Waals surface area contributed by atoms with Gasteiger partial charge in [0.05, 0.1) is 39.1 Å². The summed E-state index contributed by atoms with van der Waals surface area (Å²) in [7, 11) is 1.67. The average Bonchev–Trinajstić information content (AvgIpc) is 2.93. The van der Waals surface area contributed by atoms with E-state index in [-0.39, 0.29) is 12.1 Å². The summed E-state index contributed by atoms with van der Waals surface area (Å²) in [6.45, 7) is 7.13. The topological polar surface area (TPSA) is 54.4 Å². The molecule has 0 amide bonds. The molecule has 25 heavy (non-hydrogen) atoms. The van der Waals surface area contributed by atoms with Crippen LogP contribution >= 0.6 is 0 Å². The first-order valence-electron chi connectivity index (χ1n) is 9.25. The minimum atomic E-state index is -0.329. The van der Waals surface area contributed by atoms with Gasteiger partial charge in [-0.2, -0.15) is 0 Å². The lowest BCUT2D eigenvalue weighted by molar-refractivity contribution is 0.0837. The Kier molecular flexibility index (Phi) is 6.93. The summed E-state index contributed by atoms with van der Waals surface area (Å²) < 4.78 is 16.3. The van der Waals surface area contributed by atoms with Gasteiger partial charge in [-0.1, -0.05) is 0 Å². The number of aliphatic hydroxyl groups excluding tert-OH is 1. The Morgan fingerprint density at radius 3 is 2.60 bits per heavy atom. The molecule has 0 bridgehead atoms. The van der Waals surface area contributed by atoms with Crippen LogP contribution in [-0.2, 0) is 4.74 Å². The quantitative estimate of drug-likeness (QED) is 0.747. The van der Waals surface area contributed by atoms with Crippen molar-refractivity contribution >= 4 is 0 Å². The Bertz CT molecular complexity index is 511. The fraction of sp³-hybridized carbons (Fsp3) is 0.684. The third-order valence-electron chi connectivity index (χ3n) is 5.06. The van der Waals surface area contributed by atoms with E-state index in [2.05, 4.69) is 9.80 Å². The molecule has 3 rings (SSSR count). The number of ether oxygens (including phenoxy) is 3. The van der Waals surface area contributed by atoms with Crippen LogP contribution < -0.4 is 9.47 Å². The number of nitrogens with zero attached hydrogens (tertiary/aromatic N) is 2. The van der Waals surface area contributed by atoms with E-state index in [4.69, 9.17) is 14.2 Å². The van der Waals surface area contributed by atoms with Crippen molar-refractivity contribution in [3.05, 3.63) is 24.3 Å². The smallest absolute Gasteiger partial charge is 0.119 e. The van der Waals surface area contributed by atoms with Crippen molar-refractivity contribution in [2.24, 2.45) is 0 Å². The molecule has 2 heterocycles. The first-order valence-corrected chi connectivity index (χ1v) is 9.25. The Labute approximate surface area is 150 Å². The zero-order valence-electron chi connectivity index (χ0n) is 15.1. The molecular weight excluding hydrogens is 320 g/mol. The van der Waals surface area contributed by atoms with E-state index < -0.39 is 0 Å². The highest BCUT2D eigenvalue weighted by Gasteiger charge is 2.32. The van der Waals surface area contributed by atoms with Crippen LogP contribution in [0.4, 0.5) is 0 Å². The molecule has 1 aromatic carbocycles. The molecule has 0 aliphatic carbocycles. The number of hydrogen-bond donors (Lipinski definition) is 1. The second-order valence-electron chi connectivity index (χ2n) is 6.78. The van der Waals surface area contributed by atoms with Crippen molar-refractivity contribution in [3.63, 3.8) is 0 Å². The van der Waals surface area contributed by atoms with Gasteiger partial charge in [0.1, 0.15) is 11.5 Å². The van der Waals surface area contributed by atoms with Crippen molar-refractivity contribution in [3.8, 4) is 11.5 Å². The highest BCUT2D eigenvalue weighted by atomic mass is 16.5. The number of benzene rings is 1. The SMILES string of the molecule is COc1ccc(OCCCN2CCCN([C@@H]3COC[C@H]3O)CC2)cc1. The third-order valence-corrected chi connectivity index (χ3v) is 5.06. The lowest BCUT2D eigenvalue weighted by Gasteiger charge is -2.28. The number of hydrogen-bond acceptors (Lipinski definition) is 6. The Morgan fingerprint density at radius 1 is 1.08 bits per heavy atom. The molecule has 0 aromatic heterocycles. The van der Waals surface area contributed by atoms with Gasteiger partial charge in [0, 0.05) is 19.6 Å². The molecule has 0 radical (unpaired) electrons. The number of aliphatic hydroxyl groups is 1. The average molecular weight is 350 g/mol. The van der Waals surface area contributed by atoms with Crippen LogP contribution in [0.15, 0.2) is 24.3 Å². The first kappa shape index (κ1) is 18.5. The first-order chi connectivity index (χ1) is 12.3. The minimum Gasteiger partial charge on any atom is -0.497 e. The summed E-state index contributed by atoms with van der Waals surface area (Å²) >= 11 is 0. The fourth-order valence-electron chi connectivity index (χ4n) is 3.58. The second kappa shape index (κ2) is 9.38. The number of rotatable bonds is 7. The lowest BCUT2D eigenvalue weighted by Crippen LogP contribution is -2.44. The predicted molar refractivity (Wildman–Crippen MR) is 96.3 cm³/mol. The van der Waals surface area contributed by atoms with Gasteiger partial charge in [0.25, 0.3) is 0 Å². The van der Waals surface area contributed by atoms with Gasteiger partial charge >= 0.3 is 0 Å². The minimum absolute atomic E-state index is 0.179. The summed E-state index contributed by atoms with van der Waals surface area (Å²) in [5, 5.41) is 10.0. The number of methoxy groups -OCH3 is 1. The van der Waals surface area contributed by atoms with E-state index >= 15 is 0 Å². The normalized spacial score (nSPS) is 25.7. The van der Waals surface area contributed by atoms with Gasteiger partial charge in [-0.25, -0.2) is 0 Å². The van der Waals surface area contributed by atoms with E-state index in [0.717, 1.165) is 63.7 Å². The largest absolute Gasteiger partial charge is 0.497 e. The predicted octanol–water partition coefficient (Wildman–Crippen LogP) is 1.23. The molecule has 0 unspecified atom stereocenters. The molecule has 1 N–H and O–H groups in total. The summed E-state index contributed by atoms with van der Waals surface area (Å²) in [4.78, 5) is 4.89. The molecule has 6 heteroatoms. The third kappa shape index (κ3) is 5.31. The van der Waals surface area contributed by atoms with Crippen molar-refractivity contribution in [2.75, 3.05) is 59.7 Å². The maximum atomic E-state index is 10.0. The van der Waals surface area contributed by atoms with E-state index in [1.165, 1.54) is 0 Å². The van der Waals surface area contributed by atoms with Gasteiger partial charge < -0.3 is 24.2 Å². The summed E-state index contributed by atoms with van der Waals surface area (Å²) in [6, 6.07) is 7.90. The molecule has 6 nitrogen and oxygen atoms in total. The highest BCUT2D eigenvalue weighted by molar-refractivity contribution is 5.31. The molecule has 2 aliphatic rings. The summed E-state index contributed by atoms with van der Waals surface area (Å²) in [5.41, 5.74) is 0. The van der Waals surface area contributed by atoms with Crippen molar-refractivity contribution in [1.29, 1.82) is 0 Å². The van der Waals surface area contributed by atoms with Crippen LogP contribution in [0.2, 0.25) is 0 Å². The van der Waals surface area contributed by atoms with Crippen LogP contribution in [0.5, 0.6) is 11.5 Å². The maximum Gasteiger partial charge on any atom is 0.119 e. The molecule has 0 saturated carbocycles. The molecule has 2 atom stereocenters. The van der Waals surface area contributed by atoms with Crippen LogP contribution in [0.25, 0.3) is 0 Å². The van der Waals surface area contributed by atoms with Crippen LogP contribution in [0, 0.1) is 0 Å². The Balaban J connectivity index is 1.34. The lowest BCUT2D eigenvalue weighted by atomic mass is 10.2. The molecule has 0 spiro atoms. The molecular formula is C19H30N2O4. The standard InChI is InChI=1S/C19H30N2O4/c1-23-16-4-6-17(7-5-16)25-13-3-9-20-8-2-10-21(12-11-20)18-14-24-15-19(18)22/h4-7,18-19,22H,2-3,8-15H2,1H3/t18-,19-/m1/s1. The zero-order chi connectivity index (χ0) is 17.5. The van der Waals surface area contributed by atoms with Gasteiger partial charge in [-0.3, -0.25) is 4.90 Å². The van der Waals surface area contributed by atoms with Crippen molar-refractivity contribution < 1.29 is 19.3 Å². The van der Waals surface area contributed by atoms with Crippen molar-refractivity contribution in [2.45, 2.75) is 25.0 Å². The van der Waals surface area contributed by atoms with E-state index in [9.17, 15) is 5.11 Å². The molecule has 140 valence electrons.